The van der Waals surface area contributed by atoms with Crippen LogP contribution >= 0.6 is 11.6 Å². The molecule has 5 rings (SSSR count). The Bertz CT molecular complexity index is 1340. The van der Waals surface area contributed by atoms with Gasteiger partial charge in [-0.3, -0.25) is 4.79 Å². The lowest BCUT2D eigenvalue weighted by molar-refractivity contribution is 0.0215. The lowest BCUT2D eigenvalue weighted by Gasteiger charge is -2.49. The Balaban J connectivity index is 1.48. The Morgan fingerprint density at radius 2 is 1.86 bits per heavy atom. The number of carbonyl (C=O) groups excluding carboxylic acids is 1. The molecule has 0 bridgehead atoms. The highest BCUT2D eigenvalue weighted by molar-refractivity contribution is 6.30. The first-order chi connectivity index (χ1) is 17.7. The molecular weight excluding hydrogens is 490 g/mol. The molecule has 2 aliphatic heterocycles. The molecule has 0 spiro atoms. The first kappa shape index (κ1) is 25.1. The summed E-state index contributed by atoms with van der Waals surface area (Å²) in [6.45, 7) is 8.56. The molecule has 1 unspecified atom stereocenters. The maximum absolute atomic E-state index is 13.9. The zero-order valence-corrected chi connectivity index (χ0v) is 22.2. The normalized spacial score (nSPS) is 17.3. The van der Waals surface area contributed by atoms with E-state index in [4.69, 9.17) is 16.3 Å². The number of halogens is 1. The molecule has 0 aliphatic carbocycles. The van der Waals surface area contributed by atoms with E-state index < -0.39 is 5.60 Å². The Kier molecular flexibility index (Phi) is 6.86. The SMILES string of the molecule is CC(C)(C)OC(=O)N1CCN2c3cnn(-c4cccc(Cl)c4)c(=O)c3N(CCc3ccccc3)CC2C1. The minimum Gasteiger partial charge on any atom is -0.444 e. The molecule has 3 heterocycles. The number of aromatic nitrogens is 2. The lowest BCUT2D eigenvalue weighted by atomic mass is 10.0. The number of nitrogens with zero attached hydrogens (tertiary/aromatic N) is 5. The third-order valence-electron chi connectivity index (χ3n) is 6.69. The van der Waals surface area contributed by atoms with Gasteiger partial charge in [-0.25, -0.2) is 4.79 Å². The number of benzene rings is 2. The molecule has 37 heavy (non-hydrogen) atoms. The van der Waals surface area contributed by atoms with Crippen LogP contribution in [0, 0.1) is 0 Å². The van der Waals surface area contributed by atoms with Gasteiger partial charge >= 0.3 is 6.09 Å². The van der Waals surface area contributed by atoms with Crippen LogP contribution < -0.4 is 15.4 Å². The molecule has 1 aromatic heterocycles. The smallest absolute Gasteiger partial charge is 0.410 e. The van der Waals surface area contributed by atoms with Crippen LogP contribution in [0.15, 0.2) is 65.6 Å². The Morgan fingerprint density at radius 1 is 1.08 bits per heavy atom. The fraction of sp³-hybridized carbons (Fsp3) is 0.393. The first-order valence-corrected chi connectivity index (χ1v) is 13.0. The van der Waals surface area contributed by atoms with Crippen LogP contribution in [0.1, 0.15) is 26.3 Å². The minimum absolute atomic E-state index is 0.0211. The van der Waals surface area contributed by atoms with E-state index in [0.717, 1.165) is 12.1 Å². The van der Waals surface area contributed by atoms with E-state index in [1.54, 1.807) is 23.2 Å². The summed E-state index contributed by atoms with van der Waals surface area (Å²) in [5, 5.41) is 5.07. The largest absolute Gasteiger partial charge is 0.444 e. The van der Waals surface area contributed by atoms with Gasteiger partial charge in [-0.15, -0.1) is 0 Å². The van der Waals surface area contributed by atoms with E-state index in [9.17, 15) is 9.59 Å². The highest BCUT2D eigenvalue weighted by atomic mass is 35.5. The quantitative estimate of drug-likeness (QED) is 0.507. The third-order valence-corrected chi connectivity index (χ3v) is 6.93. The van der Waals surface area contributed by atoms with Gasteiger partial charge in [0.25, 0.3) is 5.56 Å². The van der Waals surface area contributed by atoms with Gasteiger partial charge in [-0.2, -0.15) is 9.78 Å². The van der Waals surface area contributed by atoms with Crippen molar-refractivity contribution >= 4 is 29.1 Å². The van der Waals surface area contributed by atoms with E-state index >= 15 is 0 Å². The second kappa shape index (κ2) is 10.1. The van der Waals surface area contributed by atoms with Crippen LogP contribution in [0.4, 0.5) is 16.2 Å². The van der Waals surface area contributed by atoms with Crippen LogP contribution in [0.5, 0.6) is 0 Å². The molecule has 2 aliphatic rings. The van der Waals surface area contributed by atoms with Gasteiger partial charge in [0.2, 0.25) is 0 Å². The number of piperazine rings is 1. The zero-order chi connectivity index (χ0) is 26.2. The summed E-state index contributed by atoms with van der Waals surface area (Å²) in [5.41, 5.74) is 2.53. The Labute approximate surface area is 222 Å². The van der Waals surface area contributed by atoms with Crippen molar-refractivity contribution in [1.29, 1.82) is 0 Å². The summed E-state index contributed by atoms with van der Waals surface area (Å²) < 4.78 is 7.04. The second-order valence-corrected chi connectivity index (χ2v) is 11.0. The standard InChI is InChI=1S/C28H32ClN5O3/c1-28(2,3)37-27(36)32-14-15-33-23(19-32)18-31(13-12-20-8-5-4-6-9-20)25-24(33)17-30-34(26(25)35)22-11-7-10-21(29)16-22/h4-11,16-17,23H,12-15,18-19H2,1-3H3. The highest BCUT2D eigenvalue weighted by Crippen LogP contribution is 2.34. The molecule has 2 aromatic carbocycles. The summed E-state index contributed by atoms with van der Waals surface area (Å²) in [7, 11) is 0. The van der Waals surface area contributed by atoms with Gasteiger partial charge in [0, 0.05) is 37.7 Å². The summed E-state index contributed by atoms with van der Waals surface area (Å²) in [4.78, 5) is 32.8. The van der Waals surface area contributed by atoms with Gasteiger partial charge in [0.1, 0.15) is 11.3 Å². The maximum Gasteiger partial charge on any atom is 0.410 e. The number of anilines is 2. The predicted octanol–water partition coefficient (Wildman–Crippen LogP) is 4.37. The molecule has 194 valence electrons. The number of amides is 1. The summed E-state index contributed by atoms with van der Waals surface area (Å²) in [6.07, 6.45) is 2.26. The fourth-order valence-corrected chi connectivity index (χ4v) is 5.20. The molecule has 1 fully saturated rings. The molecule has 1 saturated heterocycles. The molecule has 0 radical (unpaired) electrons. The molecule has 8 nitrogen and oxygen atoms in total. The molecule has 3 aromatic rings. The number of rotatable bonds is 4. The molecule has 1 amide bonds. The van der Waals surface area contributed by atoms with Crippen molar-refractivity contribution in [2.24, 2.45) is 0 Å². The topological polar surface area (TPSA) is 70.9 Å². The summed E-state index contributed by atoms with van der Waals surface area (Å²) in [5.74, 6) is 0. The van der Waals surface area contributed by atoms with Gasteiger partial charge in [0.15, 0.2) is 0 Å². The minimum atomic E-state index is -0.551. The number of carbonyl (C=O) groups is 1. The van der Waals surface area contributed by atoms with Crippen molar-refractivity contribution in [3.8, 4) is 5.69 Å². The maximum atomic E-state index is 13.9. The number of hydrogen-bond donors (Lipinski definition) is 0. The third kappa shape index (κ3) is 5.44. The van der Waals surface area contributed by atoms with E-state index in [0.29, 0.717) is 49.1 Å². The van der Waals surface area contributed by atoms with Gasteiger partial charge in [-0.05, 0) is 51.0 Å². The average molecular weight is 522 g/mol. The van der Waals surface area contributed by atoms with Crippen molar-refractivity contribution in [1.82, 2.24) is 14.7 Å². The summed E-state index contributed by atoms with van der Waals surface area (Å²) >= 11 is 6.20. The monoisotopic (exact) mass is 521 g/mol. The van der Waals surface area contributed by atoms with Crippen LogP contribution in [0.25, 0.3) is 5.69 Å². The second-order valence-electron chi connectivity index (χ2n) is 10.5. The van der Waals surface area contributed by atoms with Gasteiger partial charge < -0.3 is 19.4 Å². The number of hydrogen-bond acceptors (Lipinski definition) is 6. The highest BCUT2D eigenvalue weighted by Gasteiger charge is 2.39. The van der Waals surface area contributed by atoms with E-state index in [1.807, 2.05) is 51.1 Å². The van der Waals surface area contributed by atoms with Crippen molar-refractivity contribution in [3.63, 3.8) is 0 Å². The molecule has 9 heteroatoms. The van der Waals surface area contributed by atoms with Crippen molar-refractivity contribution in [2.75, 3.05) is 42.5 Å². The fourth-order valence-electron chi connectivity index (χ4n) is 5.01. The van der Waals surface area contributed by atoms with E-state index in [2.05, 4.69) is 27.0 Å². The van der Waals surface area contributed by atoms with Crippen molar-refractivity contribution in [2.45, 2.75) is 38.8 Å². The van der Waals surface area contributed by atoms with Crippen LogP contribution in [-0.4, -0.2) is 65.1 Å². The molecule has 0 saturated carbocycles. The Hall–Kier alpha value is -3.52. The van der Waals surface area contributed by atoms with Crippen LogP contribution in [0.2, 0.25) is 5.02 Å². The zero-order valence-electron chi connectivity index (χ0n) is 21.4. The van der Waals surface area contributed by atoms with Crippen LogP contribution in [0.3, 0.4) is 0 Å². The van der Waals surface area contributed by atoms with Gasteiger partial charge in [-0.1, -0.05) is 48.0 Å². The molecular formula is C28H32ClN5O3. The molecule has 1 atom stereocenters. The first-order valence-electron chi connectivity index (χ1n) is 12.6. The van der Waals surface area contributed by atoms with Crippen molar-refractivity contribution in [3.05, 3.63) is 81.7 Å². The van der Waals surface area contributed by atoms with Gasteiger partial charge in [0.05, 0.1) is 23.6 Å². The average Bonchev–Trinajstić information content (AvgIpc) is 2.86. The summed E-state index contributed by atoms with van der Waals surface area (Å²) in [6, 6.07) is 17.4. The predicted molar refractivity (Wildman–Crippen MR) is 146 cm³/mol. The van der Waals surface area contributed by atoms with Crippen molar-refractivity contribution < 1.29 is 9.53 Å². The number of ether oxygens (including phenoxy) is 1. The number of fused-ring (bicyclic) bond motifs is 3. The van der Waals surface area contributed by atoms with E-state index in [-0.39, 0.29) is 17.7 Å². The Morgan fingerprint density at radius 3 is 2.59 bits per heavy atom. The van der Waals surface area contributed by atoms with Crippen LogP contribution in [-0.2, 0) is 11.2 Å². The lowest BCUT2D eigenvalue weighted by Crippen LogP contribution is -2.62. The van der Waals surface area contributed by atoms with E-state index in [1.165, 1.54) is 10.2 Å². The molecule has 0 N–H and O–H groups in total.